The van der Waals surface area contributed by atoms with Gasteiger partial charge in [-0.15, -0.1) is 0 Å². The van der Waals surface area contributed by atoms with Gasteiger partial charge in [-0.25, -0.2) is 4.98 Å². The van der Waals surface area contributed by atoms with Gasteiger partial charge in [-0.1, -0.05) is 12.5 Å². The van der Waals surface area contributed by atoms with Gasteiger partial charge in [0.2, 0.25) is 0 Å². The number of nitrogens with zero attached hydrogens (tertiary/aromatic N) is 2. The van der Waals surface area contributed by atoms with Gasteiger partial charge >= 0.3 is 0 Å². The standard InChI is InChI=1S/C15H23N5O/c16-13-5-3-4-11-8-20(9-12(11)13)10-15(21)19-18-14-6-1-2-7-17-14/h1-2,6-7,11-13H,3-5,8-10,16H2,(H,17,18)(H,19,21). The molecule has 2 aliphatic rings. The fraction of sp³-hybridized carbons (Fsp3) is 0.600. The normalized spacial score (nSPS) is 28.9. The predicted octanol–water partition coefficient (Wildman–Crippen LogP) is 0.584. The van der Waals surface area contributed by atoms with Gasteiger partial charge in [-0.05, 0) is 36.8 Å². The molecule has 2 fully saturated rings. The Kier molecular flexibility index (Phi) is 4.36. The summed E-state index contributed by atoms with van der Waals surface area (Å²) in [6.45, 7) is 2.36. The molecule has 1 amide bonds. The van der Waals surface area contributed by atoms with Crippen LogP contribution in [0.3, 0.4) is 0 Å². The molecule has 0 spiro atoms. The van der Waals surface area contributed by atoms with Gasteiger partial charge in [0, 0.05) is 25.3 Å². The monoisotopic (exact) mass is 289 g/mol. The van der Waals surface area contributed by atoms with Gasteiger partial charge in [0.1, 0.15) is 5.82 Å². The number of hydrogen-bond acceptors (Lipinski definition) is 5. The summed E-state index contributed by atoms with van der Waals surface area (Å²) in [6, 6.07) is 5.82. The number of carbonyl (C=O) groups is 1. The maximum atomic E-state index is 12.0. The van der Waals surface area contributed by atoms with E-state index in [0.717, 1.165) is 19.5 Å². The van der Waals surface area contributed by atoms with Crippen molar-refractivity contribution in [3.05, 3.63) is 24.4 Å². The number of rotatable bonds is 4. The largest absolute Gasteiger partial charge is 0.327 e. The van der Waals surface area contributed by atoms with Crippen LogP contribution < -0.4 is 16.6 Å². The molecule has 6 nitrogen and oxygen atoms in total. The molecule has 4 N–H and O–H groups in total. The maximum absolute atomic E-state index is 12.0. The Labute approximate surface area is 125 Å². The molecule has 1 aromatic rings. The number of hydrogen-bond donors (Lipinski definition) is 3. The number of aromatic nitrogens is 1. The van der Waals surface area contributed by atoms with Crippen molar-refractivity contribution >= 4 is 11.7 Å². The lowest BCUT2D eigenvalue weighted by molar-refractivity contribution is -0.121. The minimum atomic E-state index is -0.0344. The highest BCUT2D eigenvalue weighted by Gasteiger charge is 2.38. The fourth-order valence-corrected chi connectivity index (χ4v) is 3.55. The van der Waals surface area contributed by atoms with Crippen molar-refractivity contribution in [2.24, 2.45) is 17.6 Å². The molecule has 0 radical (unpaired) electrons. The summed E-state index contributed by atoms with van der Waals surface area (Å²) in [7, 11) is 0. The summed E-state index contributed by atoms with van der Waals surface area (Å²) < 4.78 is 0. The number of likely N-dealkylation sites (tertiary alicyclic amines) is 1. The van der Waals surface area contributed by atoms with Crippen LogP contribution in [0.1, 0.15) is 19.3 Å². The molecule has 6 heteroatoms. The summed E-state index contributed by atoms with van der Waals surface area (Å²) in [5, 5.41) is 0. The van der Waals surface area contributed by atoms with Crippen LogP contribution in [0.4, 0.5) is 5.82 Å². The summed E-state index contributed by atoms with van der Waals surface area (Å²) in [5.41, 5.74) is 11.7. The quantitative estimate of drug-likeness (QED) is 0.706. The Morgan fingerprint density at radius 1 is 1.38 bits per heavy atom. The van der Waals surface area contributed by atoms with Crippen molar-refractivity contribution < 1.29 is 4.79 Å². The molecule has 1 aromatic heterocycles. The van der Waals surface area contributed by atoms with E-state index < -0.39 is 0 Å². The lowest BCUT2D eigenvalue weighted by Gasteiger charge is -2.29. The van der Waals surface area contributed by atoms with E-state index in [4.69, 9.17) is 5.73 Å². The summed E-state index contributed by atoms with van der Waals surface area (Å²) in [5.74, 6) is 1.84. The number of pyridine rings is 1. The number of hydrazine groups is 1. The summed E-state index contributed by atoms with van der Waals surface area (Å²) in [6.07, 6.45) is 5.29. The molecule has 21 heavy (non-hydrogen) atoms. The van der Waals surface area contributed by atoms with Crippen molar-refractivity contribution in [2.45, 2.75) is 25.3 Å². The van der Waals surface area contributed by atoms with Crippen LogP contribution in [-0.4, -0.2) is 41.5 Å². The van der Waals surface area contributed by atoms with Gasteiger partial charge in [0.15, 0.2) is 0 Å². The zero-order valence-corrected chi connectivity index (χ0v) is 12.2. The molecule has 1 saturated heterocycles. The molecule has 0 bridgehead atoms. The Hall–Kier alpha value is -1.66. The van der Waals surface area contributed by atoms with Crippen molar-refractivity contribution in [3.8, 4) is 0 Å². The molecule has 1 saturated carbocycles. The highest BCUT2D eigenvalue weighted by atomic mass is 16.2. The minimum absolute atomic E-state index is 0.0344. The molecule has 1 aliphatic heterocycles. The second kappa shape index (κ2) is 6.41. The van der Waals surface area contributed by atoms with Gasteiger partial charge in [0.25, 0.3) is 5.91 Å². The van der Waals surface area contributed by atoms with Gasteiger partial charge in [-0.2, -0.15) is 0 Å². The van der Waals surface area contributed by atoms with Crippen molar-refractivity contribution in [1.29, 1.82) is 0 Å². The first-order valence-electron chi connectivity index (χ1n) is 7.66. The first kappa shape index (κ1) is 14.3. The van der Waals surface area contributed by atoms with Crippen molar-refractivity contribution in [3.63, 3.8) is 0 Å². The number of carbonyl (C=O) groups excluding carboxylic acids is 1. The van der Waals surface area contributed by atoms with E-state index in [0.29, 0.717) is 30.2 Å². The van der Waals surface area contributed by atoms with E-state index >= 15 is 0 Å². The molecule has 1 aliphatic carbocycles. The van der Waals surface area contributed by atoms with Crippen LogP contribution in [0.15, 0.2) is 24.4 Å². The third kappa shape index (κ3) is 3.51. The zero-order chi connectivity index (χ0) is 14.7. The topological polar surface area (TPSA) is 83.3 Å². The molecule has 3 rings (SSSR count). The maximum Gasteiger partial charge on any atom is 0.252 e. The lowest BCUT2D eigenvalue weighted by atomic mass is 9.78. The Balaban J connectivity index is 1.45. The highest BCUT2D eigenvalue weighted by Crippen LogP contribution is 2.35. The van der Waals surface area contributed by atoms with Crippen LogP contribution >= 0.6 is 0 Å². The Bertz CT molecular complexity index is 480. The summed E-state index contributed by atoms with van der Waals surface area (Å²) >= 11 is 0. The second-order valence-corrected chi connectivity index (χ2v) is 6.10. The smallest absolute Gasteiger partial charge is 0.252 e. The van der Waals surface area contributed by atoms with Gasteiger partial charge in [0.05, 0.1) is 6.54 Å². The van der Waals surface area contributed by atoms with Crippen molar-refractivity contribution in [2.75, 3.05) is 25.1 Å². The van der Waals surface area contributed by atoms with Crippen LogP contribution in [0.2, 0.25) is 0 Å². The number of nitrogens with one attached hydrogen (secondary N) is 2. The van der Waals surface area contributed by atoms with E-state index in [2.05, 4.69) is 20.7 Å². The summed E-state index contributed by atoms with van der Waals surface area (Å²) in [4.78, 5) is 18.3. The SMILES string of the molecule is NC1CCCC2CN(CC(=O)NNc3ccccn3)CC12. The number of amides is 1. The highest BCUT2D eigenvalue weighted by molar-refractivity contribution is 5.79. The fourth-order valence-electron chi connectivity index (χ4n) is 3.55. The Morgan fingerprint density at radius 2 is 2.29 bits per heavy atom. The van der Waals surface area contributed by atoms with E-state index in [1.807, 2.05) is 18.2 Å². The Morgan fingerprint density at radius 3 is 3.05 bits per heavy atom. The van der Waals surface area contributed by atoms with E-state index in [-0.39, 0.29) is 5.91 Å². The van der Waals surface area contributed by atoms with Crippen LogP contribution in [-0.2, 0) is 4.79 Å². The molecule has 2 heterocycles. The van der Waals surface area contributed by atoms with E-state index in [1.54, 1.807) is 6.20 Å². The number of nitrogens with two attached hydrogens (primary N) is 1. The van der Waals surface area contributed by atoms with Crippen LogP contribution in [0.5, 0.6) is 0 Å². The van der Waals surface area contributed by atoms with Gasteiger partial charge < -0.3 is 5.73 Å². The van der Waals surface area contributed by atoms with Crippen LogP contribution in [0, 0.1) is 11.8 Å². The van der Waals surface area contributed by atoms with Crippen molar-refractivity contribution in [1.82, 2.24) is 15.3 Å². The van der Waals surface area contributed by atoms with E-state index in [1.165, 1.54) is 12.8 Å². The molecule has 3 atom stereocenters. The first-order chi connectivity index (χ1) is 10.2. The minimum Gasteiger partial charge on any atom is -0.327 e. The zero-order valence-electron chi connectivity index (χ0n) is 12.2. The molecular weight excluding hydrogens is 266 g/mol. The lowest BCUT2D eigenvalue weighted by Crippen LogP contribution is -2.40. The third-order valence-corrected chi connectivity index (χ3v) is 4.59. The van der Waals surface area contributed by atoms with E-state index in [9.17, 15) is 4.79 Å². The van der Waals surface area contributed by atoms with Crippen LogP contribution in [0.25, 0.3) is 0 Å². The molecule has 114 valence electrons. The average Bonchev–Trinajstić information content (AvgIpc) is 2.90. The molecule has 3 unspecified atom stereocenters. The van der Waals surface area contributed by atoms with Gasteiger partial charge in [-0.3, -0.25) is 20.5 Å². The first-order valence-corrected chi connectivity index (χ1v) is 7.66. The molecule has 0 aromatic carbocycles. The predicted molar refractivity (Wildman–Crippen MR) is 81.2 cm³/mol. The number of fused-ring (bicyclic) bond motifs is 1. The number of anilines is 1. The third-order valence-electron chi connectivity index (χ3n) is 4.59. The molecular formula is C15H23N5O. The average molecular weight is 289 g/mol. The second-order valence-electron chi connectivity index (χ2n) is 6.10.